The van der Waals surface area contributed by atoms with Gasteiger partial charge in [0.1, 0.15) is 0 Å². The van der Waals surface area contributed by atoms with Crippen LogP contribution in [0, 0.1) is 11.8 Å². The first-order valence-electron chi connectivity index (χ1n) is 14.3. The van der Waals surface area contributed by atoms with Gasteiger partial charge in [0, 0.05) is 31.6 Å². The molecule has 0 aliphatic carbocycles. The van der Waals surface area contributed by atoms with Crippen LogP contribution in [0.15, 0.2) is 36.4 Å². The number of halogens is 2. The monoisotopic (exact) mass is 590 g/mol. The number of fused-ring (bicyclic) bond motifs is 2. The van der Waals surface area contributed by atoms with Gasteiger partial charge in [-0.25, -0.2) is 9.59 Å². The Morgan fingerprint density at radius 2 is 1.05 bits per heavy atom. The van der Waals surface area contributed by atoms with E-state index in [1.54, 1.807) is 36.4 Å². The summed E-state index contributed by atoms with van der Waals surface area (Å²) >= 11 is 12.7. The normalized spacial score (nSPS) is 12.8. The first kappa shape index (κ1) is 31.8. The van der Waals surface area contributed by atoms with E-state index in [1.807, 2.05) is 0 Å². The summed E-state index contributed by atoms with van der Waals surface area (Å²) in [5.41, 5.74) is 0. The zero-order valence-electron chi connectivity index (χ0n) is 23.9. The standard InChI is InChI=1S/C32H40Cl2O6/c1-5-9-11-21(7-3)19-37-31(35)39-29-25-15-13-24(34)18-28(25)30(26-16-14-23(33)17-27(26)29)40-32(36)38-20-22(8-4)12-10-6-2/h13-18,21-22H,5-12,19-20H2,1-4H3. The van der Waals surface area contributed by atoms with Crippen LogP contribution >= 0.6 is 23.2 Å². The molecular formula is C32H40Cl2O6. The number of ether oxygens (including phenoxy) is 4. The van der Waals surface area contributed by atoms with E-state index in [9.17, 15) is 9.59 Å². The van der Waals surface area contributed by atoms with Crippen molar-refractivity contribution >= 4 is 57.1 Å². The average molecular weight is 592 g/mol. The van der Waals surface area contributed by atoms with Gasteiger partial charge in [-0.2, -0.15) is 0 Å². The Labute approximate surface area is 247 Å². The van der Waals surface area contributed by atoms with Crippen molar-refractivity contribution in [2.45, 2.75) is 79.1 Å². The van der Waals surface area contributed by atoms with E-state index in [1.165, 1.54) is 0 Å². The van der Waals surface area contributed by atoms with Gasteiger partial charge in [0.05, 0.1) is 13.2 Å². The molecule has 40 heavy (non-hydrogen) atoms. The molecule has 2 atom stereocenters. The van der Waals surface area contributed by atoms with Crippen molar-refractivity contribution in [2.24, 2.45) is 11.8 Å². The molecule has 6 nitrogen and oxygen atoms in total. The molecule has 0 spiro atoms. The van der Waals surface area contributed by atoms with Crippen molar-refractivity contribution in [3.05, 3.63) is 46.4 Å². The average Bonchev–Trinajstić information content (AvgIpc) is 2.95. The molecule has 0 bridgehead atoms. The van der Waals surface area contributed by atoms with Gasteiger partial charge in [-0.05, 0) is 61.1 Å². The summed E-state index contributed by atoms with van der Waals surface area (Å²) in [5.74, 6) is 1.04. The lowest BCUT2D eigenvalue weighted by Gasteiger charge is -2.18. The number of unbranched alkanes of at least 4 members (excludes halogenated alkanes) is 2. The Morgan fingerprint density at radius 1 is 0.650 bits per heavy atom. The molecule has 8 heteroatoms. The highest BCUT2D eigenvalue weighted by Gasteiger charge is 2.23. The van der Waals surface area contributed by atoms with Crippen LogP contribution in [0.1, 0.15) is 79.1 Å². The maximum atomic E-state index is 12.9. The van der Waals surface area contributed by atoms with Gasteiger partial charge in [-0.15, -0.1) is 0 Å². The van der Waals surface area contributed by atoms with E-state index < -0.39 is 12.3 Å². The highest BCUT2D eigenvalue weighted by atomic mass is 35.5. The Bertz CT molecular complexity index is 1190. The Hall–Kier alpha value is -2.70. The quantitative estimate of drug-likeness (QED) is 0.106. The van der Waals surface area contributed by atoms with E-state index >= 15 is 0 Å². The van der Waals surface area contributed by atoms with Crippen LogP contribution in [0.3, 0.4) is 0 Å². The SMILES string of the molecule is CCCCC(CC)COC(=O)Oc1c2ccc(Cl)cc2c(OC(=O)OCC(CC)CCCC)c2ccc(Cl)cc12. The summed E-state index contributed by atoms with van der Waals surface area (Å²) in [7, 11) is 0. The van der Waals surface area contributed by atoms with Crippen LogP contribution in [0.4, 0.5) is 9.59 Å². The lowest BCUT2D eigenvalue weighted by atomic mass is 10.0. The molecular weight excluding hydrogens is 551 g/mol. The molecule has 3 rings (SSSR count). The zero-order chi connectivity index (χ0) is 29.1. The third kappa shape index (κ3) is 8.65. The largest absolute Gasteiger partial charge is 0.513 e. The Balaban J connectivity index is 1.94. The smallest absolute Gasteiger partial charge is 0.434 e. The molecule has 0 amide bonds. The molecule has 218 valence electrons. The summed E-state index contributed by atoms with van der Waals surface area (Å²) in [4.78, 5) is 25.7. The molecule has 0 aromatic heterocycles. The minimum absolute atomic E-state index is 0.252. The second-order valence-electron chi connectivity index (χ2n) is 10.2. The number of carbonyl (C=O) groups excluding carboxylic acids is 2. The number of carbonyl (C=O) groups is 2. The third-order valence-electron chi connectivity index (χ3n) is 7.27. The van der Waals surface area contributed by atoms with Crippen LogP contribution in [-0.2, 0) is 9.47 Å². The van der Waals surface area contributed by atoms with E-state index in [2.05, 4.69) is 27.7 Å². The van der Waals surface area contributed by atoms with Crippen molar-refractivity contribution in [3.63, 3.8) is 0 Å². The third-order valence-corrected chi connectivity index (χ3v) is 7.74. The predicted molar refractivity (Wildman–Crippen MR) is 162 cm³/mol. The molecule has 0 heterocycles. The fourth-order valence-electron chi connectivity index (χ4n) is 4.71. The van der Waals surface area contributed by atoms with Gasteiger partial charge in [0.15, 0.2) is 11.5 Å². The summed E-state index contributed by atoms with van der Waals surface area (Å²) in [5, 5.41) is 2.89. The molecule has 3 aromatic rings. The fraction of sp³-hybridized carbons (Fsp3) is 0.500. The van der Waals surface area contributed by atoms with Crippen molar-refractivity contribution in [1.29, 1.82) is 0 Å². The molecule has 0 saturated heterocycles. The minimum atomic E-state index is -0.807. The van der Waals surface area contributed by atoms with Gasteiger partial charge < -0.3 is 18.9 Å². The molecule has 0 aliphatic heterocycles. The summed E-state index contributed by atoms with van der Waals surface area (Å²) in [6, 6.07) is 10.1. The van der Waals surface area contributed by atoms with Crippen molar-refractivity contribution in [2.75, 3.05) is 13.2 Å². The van der Waals surface area contributed by atoms with Crippen LogP contribution in [-0.4, -0.2) is 25.5 Å². The van der Waals surface area contributed by atoms with Crippen LogP contribution in [0.2, 0.25) is 10.0 Å². The first-order valence-corrected chi connectivity index (χ1v) is 15.1. The topological polar surface area (TPSA) is 71.1 Å². The van der Waals surface area contributed by atoms with Gasteiger partial charge in [0.2, 0.25) is 0 Å². The van der Waals surface area contributed by atoms with E-state index in [0.29, 0.717) is 31.6 Å². The van der Waals surface area contributed by atoms with Crippen LogP contribution < -0.4 is 9.47 Å². The number of benzene rings is 3. The maximum absolute atomic E-state index is 12.9. The fourth-order valence-corrected chi connectivity index (χ4v) is 5.05. The van der Waals surface area contributed by atoms with E-state index in [4.69, 9.17) is 42.1 Å². The predicted octanol–water partition coefficient (Wildman–Crippen LogP) is 10.8. The van der Waals surface area contributed by atoms with E-state index in [0.717, 1.165) is 51.4 Å². The second-order valence-corrected chi connectivity index (χ2v) is 11.1. The van der Waals surface area contributed by atoms with Gasteiger partial charge >= 0.3 is 12.3 Å². The van der Waals surface area contributed by atoms with Crippen LogP contribution in [0.25, 0.3) is 21.5 Å². The van der Waals surface area contributed by atoms with Gasteiger partial charge in [-0.3, -0.25) is 0 Å². The second kappa shape index (κ2) is 15.9. The van der Waals surface area contributed by atoms with Crippen molar-refractivity contribution < 1.29 is 28.5 Å². The molecule has 0 aliphatic rings. The summed E-state index contributed by atoms with van der Waals surface area (Å²) in [6.07, 6.45) is 6.50. The minimum Gasteiger partial charge on any atom is -0.434 e. The van der Waals surface area contributed by atoms with Gasteiger partial charge in [0.25, 0.3) is 0 Å². The van der Waals surface area contributed by atoms with Crippen LogP contribution in [0.5, 0.6) is 11.5 Å². The van der Waals surface area contributed by atoms with Gasteiger partial charge in [-0.1, -0.05) is 89.4 Å². The molecule has 3 aromatic carbocycles. The highest BCUT2D eigenvalue weighted by Crippen LogP contribution is 2.44. The summed E-state index contributed by atoms with van der Waals surface area (Å²) < 4.78 is 22.6. The van der Waals surface area contributed by atoms with Crippen molar-refractivity contribution in [1.82, 2.24) is 0 Å². The Kier molecular flexibility index (Phi) is 12.7. The lowest BCUT2D eigenvalue weighted by Crippen LogP contribution is -2.18. The molecule has 0 radical (unpaired) electrons. The van der Waals surface area contributed by atoms with E-state index in [-0.39, 0.29) is 36.5 Å². The summed E-state index contributed by atoms with van der Waals surface area (Å²) in [6.45, 7) is 9.00. The maximum Gasteiger partial charge on any atom is 0.513 e. The molecule has 0 saturated carbocycles. The Morgan fingerprint density at radius 3 is 1.40 bits per heavy atom. The molecule has 2 unspecified atom stereocenters. The molecule has 0 N–H and O–H groups in total. The number of hydrogen-bond acceptors (Lipinski definition) is 6. The first-order chi connectivity index (χ1) is 19.3. The molecule has 0 fully saturated rings. The zero-order valence-corrected chi connectivity index (χ0v) is 25.4. The number of rotatable bonds is 14. The lowest BCUT2D eigenvalue weighted by molar-refractivity contribution is 0.0805. The number of hydrogen-bond donors (Lipinski definition) is 0. The van der Waals surface area contributed by atoms with Crippen molar-refractivity contribution in [3.8, 4) is 11.5 Å². The highest BCUT2D eigenvalue weighted by molar-refractivity contribution is 6.33.